The minimum atomic E-state index is -0.494. The van der Waals surface area contributed by atoms with Gasteiger partial charge in [0, 0.05) is 17.1 Å². The molecule has 0 fully saturated rings. The number of nitrogens with zero attached hydrogens (tertiary/aromatic N) is 2. The summed E-state index contributed by atoms with van der Waals surface area (Å²) in [6.45, 7) is 0. The van der Waals surface area contributed by atoms with Crippen LogP contribution in [0.3, 0.4) is 0 Å². The van der Waals surface area contributed by atoms with E-state index in [-0.39, 0.29) is 10.8 Å². The molecular formula is C14H8ClF2N3. The van der Waals surface area contributed by atoms with Crippen molar-refractivity contribution in [2.75, 3.05) is 5.32 Å². The van der Waals surface area contributed by atoms with Crippen LogP contribution in [0, 0.1) is 11.6 Å². The zero-order valence-electron chi connectivity index (χ0n) is 10.1. The van der Waals surface area contributed by atoms with Crippen molar-refractivity contribution in [2.24, 2.45) is 0 Å². The zero-order valence-corrected chi connectivity index (χ0v) is 10.8. The zero-order chi connectivity index (χ0) is 14.1. The average molecular weight is 292 g/mol. The third-order valence-electron chi connectivity index (χ3n) is 2.78. The van der Waals surface area contributed by atoms with Crippen molar-refractivity contribution in [2.45, 2.75) is 0 Å². The highest BCUT2D eigenvalue weighted by Gasteiger charge is 2.06. The average Bonchev–Trinajstić information content (AvgIpc) is 2.43. The molecule has 0 aliphatic rings. The van der Waals surface area contributed by atoms with Gasteiger partial charge in [-0.05, 0) is 30.3 Å². The first-order valence-electron chi connectivity index (χ1n) is 5.76. The molecule has 0 saturated carbocycles. The number of hydrogen-bond donors (Lipinski definition) is 1. The van der Waals surface area contributed by atoms with E-state index in [0.29, 0.717) is 22.4 Å². The standard InChI is InChI=1S/C14H8ClF2N3/c15-11-6-9(2-4-12(11)17)20-14-10-3-1-8(16)5-13(10)18-7-19-14/h1-7H,(H,18,19,20). The highest BCUT2D eigenvalue weighted by atomic mass is 35.5. The number of hydrogen-bond acceptors (Lipinski definition) is 3. The second-order valence-electron chi connectivity index (χ2n) is 4.14. The summed E-state index contributed by atoms with van der Waals surface area (Å²) in [5, 5.41) is 3.68. The second-order valence-corrected chi connectivity index (χ2v) is 4.54. The first kappa shape index (κ1) is 12.7. The summed E-state index contributed by atoms with van der Waals surface area (Å²) in [7, 11) is 0. The Balaban J connectivity index is 2.04. The van der Waals surface area contributed by atoms with E-state index in [1.807, 2.05) is 0 Å². The van der Waals surface area contributed by atoms with Crippen molar-refractivity contribution >= 4 is 34.0 Å². The van der Waals surface area contributed by atoms with E-state index in [9.17, 15) is 8.78 Å². The van der Waals surface area contributed by atoms with Gasteiger partial charge in [0.05, 0.1) is 10.5 Å². The number of rotatable bonds is 2. The predicted octanol–water partition coefficient (Wildman–Crippen LogP) is 4.31. The fourth-order valence-corrected chi connectivity index (χ4v) is 2.02. The minimum absolute atomic E-state index is 0.0133. The molecule has 0 bridgehead atoms. The van der Waals surface area contributed by atoms with Gasteiger partial charge >= 0.3 is 0 Å². The first-order chi connectivity index (χ1) is 9.63. The van der Waals surface area contributed by atoms with Crippen LogP contribution in [0.2, 0.25) is 5.02 Å². The van der Waals surface area contributed by atoms with E-state index in [2.05, 4.69) is 15.3 Å². The van der Waals surface area contributed by atoms with Crippen molar-refractivity contribution < 1.29 is 8.78 Å². The lowest BCUT2D eigenvalue weighted by Crippen LogP contribution is -1.96. The van der Waals surface area contributed by atoms with Crippen molar-refractivity contribution in [1.29, 1.82) is 0 Å². The summed E-state index contributed by atoms with van der Waals surface area (Å²) in [6, 6.07) is 8.48. The third-order valence-corrected chi connectivity index (χ3v) is 3.07. The second kappa shape index (κ2) is 5.02. The number of halogens is 3. The van der Waals surface area contributed by atoms with Gasteiger partial charge in [-0.2, -0.15) is 0 Å². The van der Waals surface area contributed by atoms with E-state index in [1.165, 1.54) is 30.6 Å². The normalized spacial score (nSPS) is 10.8. The number of aromatic nitrogens is 2. The fraction of sp³-hybridized carbons (Fsp3) is 0. The molecule has 2 aromatic carbocycles. The predicted molar refractivity (Wildman–Crippen MR) is 74.2 cm³/mol. The summed E-state index contributed by atoms with van der Waals surface area (Å²) >= 11 is 5.72. The van der Waals surface area contributed by atoms with Crippen molar-refractivity contribution in [1.82, 2.24) is 9.97 Å². The van der Waals surface area contributed by atoms with Crippen LogP contribution in [0.1, 0.15) is 0 Å². The molecule has 0 unspecified atom stereocenters. The lowest BCUT2D eigenvalue weighted by atomic mass is 10.2. The van der Waals surface area contributed by atoms with Crippen molar-refractivity contribution in [3.05, 3.63) is 59.4 Å². The van der Waals surface area contributed by atoms with E-state index >= 15 is 0 Å². The Bertz CT molecular complexity index is 792. The van der Waals surface area contributed by atoms with Crippen LogP contribution in [0.25, 0.3) is 10.9 Å². The van der Waals surface area contributed by atoms with Crippen LogP contribution in [-0.2, 0) is 0 Å². The molecule has 3 rings (SSSR count). The molecule has 0 aliphatic heterocycles. The molecule has 1 N–H and O–H groups in total. The smallest absolute Gasteiger partial charge is 0.141 e. The maximum atomic E-state index is 13.2. The molecule has 0 radical (unpaired) electrons. The molecule has 1 heterocycles. The van der Waals surface area contributed by atoms with Crippen LogP contribution in [-0.4, -0.2) is 9.97 Å². The minimum Gasteiger partial charge on any atom is -0.340 e. The fourth-order valence-electron chi connectivity index (χ4n) is 1.84. The molecule has 6 heteroatoms. The molecule has 0 aliphatic carbocycles. The highest BCUT2D eigenvalue weighted by Crippen LogP contribution is 2.26. The molecule has 0 saturated heterocycles. The van der Waals surface area contributed by atoms with E-state index < -0.39 is 5.82 Å². The molecule has 3 aromatic rings. The lowest BCUT2D eigenvalue weighted by molar-refractivity contribution is 0.628. The summed E-state index contributed by atoms with van der Waals surface area (Å²) in [6.07, 6.45) is 1.33. The van der Waals surface area contributed by atoms with Gasteiger partial charge < -0.3 is 5.32 Å². The summed E-state index contributed by atoms with van der Waals surface area (Å²) in [4.78, 5) is 8.10. The van der Waals surface area contributed by atoms with Crippen LogP contribution in [0.5, 0.6) is 0 Å². The molecule has 100 valence electrons. The number of nitrogens with one attached hydrogen (secondary N) is 1. The number of benzene rings is 2. The summed E-state index contributed by atoms with van der Waals surface area (Å²) in [5.41, 5.74) is 1.07. The number of fused-ring (bicyclic) bond motifs is 1. The molecule has 20 heavy (non-hydrogen) atoms. The molecule has 0 atom stereocenters. The van der Waals surface area contributed by atoms with Gasteiger partial charge in [0.1, 0.15) is 23.8 Å². The van der Waals surface area contributed by atoms with E-state index in [1.54, 1.807) is 12.1 Å². The maximum Gasteiger partial charge on any atom is 0.141 e. The molecular weight excluding hydrogens is 284 g/mol. The molecule has 1 aromatic heterocycles. The van der Waals surface area contributed by atoms with Gasteiger partial charge in [-0.25, -0.2) is 18.7 Å². The largest absolute Gasteiger partial charge is 0.340 e. The Labute approximate surface area is 118 Å². The molecule has 0 amide bonds. The lowest BCUT2D eigenvalue weighted by Gasteiger charge is -2.08. The molecule has 3 nitrogen and oxygen atoms in total. The Kier molecular flexibility index (Phi) is 3.20. The van der Waals surface area contributed by atoms with Crippen LogP contribution < -0.4 is 5.32 Å². The van der Waals surface area contributed by atoms with E-state index in [4.69, 9.17) is 11.6 Å². The van der Waals surface area contributed by atoms with Crippen LogP contribution in [0.4, 0.5) is 20.3 Å². The van der Waals surface area contributed by atoms with Gasteiger partial charge in [0.2, 0.25) is 0 Å². The SMILES string of the molecule is Fc1ccc2c(Nc3ccc(F)c(Cl)c3)ncnc2c1. The summed E-state index contributed by atoms with van der Waals surface area (Å²) < 4.78 is 26.3. The van der Waals surface area contributed by atoms with Gasteiger partial charge in [-0.1, -0.05) is 11.6 Å². The van der Waals surface area contributed by atoms with Gasteiger partial charge in [0.25, 0.3) is 0 Å². The van der Waals surface area contributed by atoms with Gasteiger partial charge in [-0.15, -0.1) is 0 Å². The van der Waals surface area contributed by atoms with E-state index in [0.717, 1.165) is 0 Å². The third kappa shape index (κ3) is 2.40. The van der Waals surface area contributed by atoms with Gasteiger partial charge in [0.15, 0.2) is 0 Å². The monoisotopic (exact) mass is 291 g/mol. The highest BCUT2D eigenvalue weighted by molar-refractivity contribution is 6.31. The Morgan fingerprint density at radius 2 is 1.85 bits per heavy atom. The van der Waals surface area contributed by atoms with Crippen molar-refractivity contribution in [3.8, 4) is 0 Å². The van der Waals surface area contributed by atoms with Gasteiger partial charge in [-0.3, -0.25) is 0 Å². The quantitative estimate of drug-likeness (QED) is 0.765. The Morgan fingerprint density at radius 1 is 1.00 bits per heavy atom. The van der Waals surface area contributed by atoms with Crippen molar-refractivity contribution in [3.63, 3.8) is 0 Å². The Morgan fingerprint density at radius 3 is 2.65 bits per heavy atom. The topological polar surface area (TPSA) is 37.8 Å². The Hall–Kier alpha value is -2.27. The maximum absolute atomic E-state index is 13.2. The summed E-state index contributed by atoms with van der Waals surface area (Å²) in [5.74, 6) is -0.364. The molecule has 0 spiro atoms. The van der Waals surface area contributed by atoms with Crippen LogP contribution in [0.15, 0.2) is 42.7 Å². The first-order valence-corrected chi connectivity index (χ1v) is 6.13. The number of anilines is 2. The van der Waals surface area contributed by atoms with Crippen LogP contribution >= 0.6 is 11.6 Å².